The Morgan fingerprint density at radius 2 is 2.13 bits per heavy atom. The van der Waals surface area contributed by atoms with Gasteiger partial charge in [0.05, 0.1) is 13.2 Å². The maximum Gasteiger partial charge on any atom is 0.272 e. The predicted octanol–water partition coefficient (Wildman–Crippen LogP) is 1.46. The topological polar surface area (TPSA) is 63.6 Å². The van der Waals surface area contributed by atoms with Crippen LogP contribution in [0.1, 0.15) is 32.6 Å². The van der Waals surface area contributed by atoms with Crippen LogP contribution in [-0.2, 0) is 14.3 Å². The molecule has 1 unspecified atom stereocenters. The normalized spacial score (nSPS) is 13.7. The van der Waals surface area contributed by atoms with E-state index in [1.807, 2.05) is 6.92 Å². The first kappa shape index (κ1) is 14.6. The molecule has 0 aliphatic carbocycles. The first-order valence-corrected chi connectivity index (χ1v) is 6.65. The van der Waals surface area contributed by atoms with Gasteiger partial charge in [0, 0.05) is 0 Å². The fraction of sp³-hybridized carbons (Fsp3) is 0.800. The molecule has 0 amide bonds. The largest absolute Gasteiger partial charge is 0.395 e. The maximum atomic E-state index is 11.5. The highest BCUT2D eigenvalue weighted by Gasteiger charge is 2.24. The second kappa shape index (κ2) is 7.84. The van der Waals surface area contributed by atoms with Crippen LogP contribution in [-0.4, -0.2) is 32.0 Å². The summed E-state index contributed by atoms with van der Waals surface area (Å²) < 4.78 is 27.6. The molecule has 0 radical (unpaired) electrons. The first-order valence-electron chi connectivity index (χ1n) is 5.18. The van der Waals surface area contributed by atoms with E-state index < -0.39 is 15.4 Å². The zero-order valence-corrected chi connectivity index (χ0v) is 10.0. The lowest BCUT2D eigenvalue weighted by atomic mass is 10.2. The zero-order valence-electron chi connectivity index (χ0n) is 9.18. The standard InChI is InChI=1S/C10H20O4S/c1-3-5-6-7-10(9-11)15(12,13)14-8-4-2/h4,10-11H,2-3,5-9H2,1H3. The molecule has 0 fully saturated rings. The van der Waals surface area contributed by atoms with Gasteiger partial charge in [-0.1, -0.05) is 32.3 Å². The number of aliphatic hydroxyl groups excluding tert-OH is 1. The second-order valence-electron chi connectivity index (χ2n) is 3.37. The lowest BCUT2D eigenvalue weighted by Gasteiger charge is -2.13. The van der Waals surface area contributed by atoms with Crippen molar-refractivity contribution in [1.29, 1.82) is 0 Å². The van der Waals surface area contributed by atoms with Gasteiger partial charge >= 0.3 is 0 Å². The van der Waals surface area contributed by atoms with Gasteiger partial charge in [-0.25, -0.2) is 0 Å². The number of rotatable bonds is 9. The van der Waals surface area contributed by atoms with E-state index in [2.05, 4.69) is 10.8 Å². The van der Waals surface area contributed by atoms with Gasteiger partial charge in [0.2, 0.25) is 0 Å². The molecule has 90 valence electrons. The van der Waals surface area contributed by atoms with Crippen molar-refractivity contribution in [3.63, 3.8) is 0 Å². The lowest BCUT2D eigenvalue weighted by Crippen LogP contribution is -2.27. The van der Waals surface area contributed by atoms with Gasteiger partial charge in [-0.2, -0.15) is 8.42 Å². The molecule has 0 aromatic carbocycles. The Hall–Kier alpha value is -0.390. The minimum atomic E-state index is -3.64. The third-order valence-electron chi connectivity index (χ3n) is 2.09. The van der Waals surface area contributed by atoms with Crippen LogP contribution in [0.5, 0.6) is 0 Å². The highest BCUT2D eigenvalue weighted by atomic mass is 32.2. The smallest absolute Gasteiger partial charge is 0.272 e. The van der Waals surface area contributed by atoms with E-state index >= 15 is 0 Å². The summed E-state index contributed by atoms with van der Waals surface area (Å²) in [6.07, 6.45) is 4.60. The third kappa shape index (κ3) is 5.92. The SMILES string of the molecule is C=CCOS(=O)(=O)C(CO)CCCCC. The zero-order chi connectivity index (χ0) is 11.7. The van der Waals surface area contributed by atoms with Gasteiger partial charge in [0.15, 0.2) is 0 Å². The molecule has 1 N–H and O–H groups in total. The summed E-state index contributed by atoms with van der Waals surface area (Å²) in [7, 11) is -3.64. The summed E-state index contributed by atoms with van der Waals surface area (Å²) in [5, 5.41) is 8.17. The van der Waals surface area contributed by atoms with Gasteiger partial charge in [-0.05, 0) is 6.42 Å². The molecular formula is C10H20O4S. The van der Waals surface area contributed by atoms with Crippen molar-refractivity contribution >= 4 is 10.1 Å². The molecule has 0 rings (SSSR count). The second-order valence-corrected chi connectivity index (χ2v) is 5.25. The molecule has 0 heterocycles. The van der Waals surface area contributed by atoms with Crippen molar-refractivity contribution in [2.75, 3.05) is 13.2 Å². The molecular weight excluding hydrogens is 216 g/mol. The van der Waals surface area contributed by atoms with E-state index in [-0.39, 0.29) is 13.2 Å². The van der Waals surface area contributed by atoms with Crippen LogP contribution in [0.4, 0.5) is 0 Å². The van der Waals surface area contributed by atoms with E-state index in [0.29, 0.717) is 6.42 Å². The number of aliphatic hydroxyl groups is 1. The van der Waals surface area contributed by atoms with E-state index in [9.17, 15) is 8.42 Å². The molecule has 0 bridgehead atoms. The maximum absolute atomic E-state index is 11.5. The predicted molar refractivity (Wildman–Crippen MR) is 60.1 cm³/mol. The van der Waals surface area contributed by atoms with Crippen LogP contribution >= 0.6 is 0 Å². The molecule has 5 heteroatoms. The van der Waals surface area contributed by atoms with Gasteiger partial charge in [0.1, 0.15) is 5.25 Å². The highest BCUT2D eigenvalue weighted by molar-refractivity contribution is 7.87. The molecule has 0 saturated heterocycles. The first-order chi connectivity index (χ1) is 7.08. The summed E-state index contributed by atoms with van der Waals surface area (Å²) in [4.78, 5) is 0. The van der Waals surface area contributed by atoms with Crippen molar-refractivity contribution in [3.05, 3.63) is 12.7 Å². The third-order valence-corrected chi connectivity index (χ3v) is 3.76. The Balaban J connectivity index is 4.18. The molecule has 4 nitrogen and oxygen atoms in total. The summed E-state index contributed by atoms with van der Waals surface area (Å²) in [6, 6.07) is 0. The van der Waals surface area contributed by atoms with E-state index in [0.717, 1.165) is 19.3 Å². The van der Waals surface area contributed by atoms with Crippen LogP contribution in [0.15, 0.2) is 12.7 Å². The number of hydrogen-bond acceptors (Lipinski definition) is 4. The van der Waals surface area contributed by atoms with Crippen molar-refractivity contribution in [2.24, 2.45) is 0 Å². The number of unbranched alkanes of at least 4 members (excludes halogenated alkanes) is 2. The Morgan fingerprint density at radius 1 is 1.47 bits per heavy atom. The van der Waals surface area contributed by atoms with Crippen LogP contribution < -0.4 is 0 Å². The van der Waals surface area contributed by atoms with Crippen LogP contribution in [0, 0.1) is 0 Å². The number of hydrogen-bond donors (Lipinski definition) is 1. The molecule has 1 atom stereocenters. The Morgan fingerprint density at radius 3 is 2.60 bits per heavy atom. The van der Waals surface area contributed by atoms with Crippen molar-refractivity contribution in [1.82, 2.24) is 0 Å². The molecule has 0 aromatic heterocycles. The summed E-state index contributed by atoms with van der Waals surface area (Å²) in [6.45, 7) is 4.99. The summed E-state index contributed by atoms with van der Waals surface area (Å²) >= 11 is 0. The van der Waals surface area contributed by atoms with Crippen LogP contribution in [0.25, 0.3) is 0 Å². The van der Waals surface area contributed by atoms with E-state index in [1.54, 1.807) is 0 Å². The fourth-order valence-electron chi connectivity index (χ4n) is 1.19. The van der Waals surface area contributed by atoms with E-state index in [4.69, 9.17) is 5.11 Å². The highest BCUT2D eigenvalue weighted by Crippen LogP contribution is 2.12. The summed E-state index contributed by atoms with van der Waals surface area (Å²) in [5.41, 5.74) is 0. The average molecular weight is 236 g/mol. The molecule has 0 aliphatic heterocycles. The molecule has 15 heavy (non-hydrogen) atoms. The Labute approximate surface area is 92.1 Å². The van der Waals surface area contributed by atoms with Gasteiger partial charge in [-0.3, -0.25) is 4.18 Å². The van der Waals surface area contributed by atoms with Gasteiger partial charge < -0.3 is 5.11 Å². The molecule has 0 spiro atoms. The Kier molecular flexibility index (Phi) is 7.64. The minimum absolute atomic E-state index is 0.0351. The lowest BCUT2D eigenvalue weighted by molar-refractivity contribution is 0.266. The molecule has 0 aromatic rings. The van der Waals surface area contributed by atoms with Crippen LogP contribution in [0.3, 0.4) is 0 Å². The van der Waals surface area contributed by atoms with Gasteiger partial charge in [0.25, 0.3) is 10.1 Å². The fourth-order valence-corrected chi connectivity index (χ4v) is 2.30. The van der Waals surface area contributed by atoms with Crippen molar-refractivity contribution in [3.8, 4) is 0 Å². The summed E-state index contributed by atoms with van der Waals surface area (Å²) in [5.74, 6) is 0. The minimum Gasteiger partial charge on any atom is -0.395 e. The van der Waals surface area contributed by atoms with E-state index in [1.165, 1.54) is 6.08 Å². The van der Waals surface area contributed by atoms with Crippen LogP contribution in [0.2, 0.25) is 0 Å². The quantitative estimate of drug-likeness (QED) is 0.374. The molecule has 0 saturated carbocycles. The Bertz CT molecular complexity index is 259. The van der Waals surface area contributed by atoms with Crippen molar-refractivity contribution in [2.45, 2.75) is 37.9 Å². The molecule has 0 aliphatic rings. The average Bonchev–Trinajstić information content (AvgIpc) is 2.21. The monoisotopic (exact) mass is 236 g/mol. The van der Waals surface area contributed by atoms with Gasteiger partial charge in [-0.15, -0.1) is 6.58 Å². The van der Waals surface area contributed by atoms with Crippen molar-refractivity contribution < 1.29 is 17.7 Å².